The van der Waals surface area contributed by atoms with Crippen LogP contribution >= 0.6 is 0 Å². The molecule has 2 heterocycles. The van der Waals surface area contributed by atoms with E-state index in [-0.39, 0.29) is 5.56 Å². The molecule has 3 rings (SSSR count). The summed E-state index contributed by atoms with van der Waals surface area (Å²) >= 11 is 0. The smallest absolute Gasteiger partial charge is 0.252 e. The summed E-state index contributed by atoms with van der Waals surface area (Å²) in [6.45, 7) is 7.53. The summed E-state index contributed by atoms with van der Waals surface area (Å²) in [5.41, 5.74) is -0.0191. The number of hydrogen-bond donors (Lipinski definition) is 2. The topological polar surface area (TPSA) is 61.0 Å². The fourth-order valence-electron chi connectivity index (χ4n) is 3.09. The first-order valence-corrected chi connectivity index (χ1v) is 8.22. The van der Waals surface area contributed by atoms with Gasteiger partial charge in [-0.3, -0.25) is 4.79 Å². The molecule has 1 atom stereocenters. The third-order valence-electron chi connectivity index (χ3n) is 4.48. The van der Waals surface area contributed by atoms with E-state index in [9.17, 15) is 4.79 Å². The first-order chi connectivity index (χ1) is 10.1. The number of anilines is 1. The van der Waals surface area contributed by atoms with Gasteiger partial charge in [-0.05, 0) is 58.5 Å². The molecule has 1 aromatic heterocycles. The van der Waals surface area contributed by atoms with Crippen LogP contribution in [0.1, 0.15) is 51.3 Å². The van der Waals surface area contributed by atoms with Gasteiger partial charge in [0.15, 0.2) is 0 Å². The van der Waals surface area contributed by atoms with E-state index in [1.165, 1.54) is 12.8 Å². The molecule has 1 aromatic rings. The van der Waals surface area contributed by atoms with E-state index < -0.39 is 0 Å². The number of aromatic amines is 1. The van der Waals surface area contributed by atoms with E-state index in [2.05, 4.69) is 29.0 Å². The van der Waals surface area contributed by atoms with Gasteiger partial charge in [0, 0.05) is 24.6 Å². The van der Waals surface area contributed by atoms with E-state index in [4.69, 9.17) is 4.98 Å². The van der Waals surface area contributed by atoms with Crippen LogP contribution in [0.2, 0.25) is 0 Å². The quantitative estimate of drug-likeness (QED) is 0.869. The Morgan fingerprint density at radius 1 is 1.38 bits per heavy atom. The first kappa shape index (κ1) is 14.6. The molecular weight excluding hydrogens is 264 g/mol. The molecule has 0 aromatic carbocycles. The van der Waals surface area contributed by atoms with E-state index in [1.54, 1.807) is 6.07 Å². The maximum Gasteiger partial charge on any atom is 0.252 e. The summed E-state index contributed by atoms with van der Waals surface area (Å²) in [5, 5.41) is 3.47. The van der Waals surface area contributed by atoms with Gasteiger partial charge in [0.05, 0.1) is 0 Å². The third-order valence-corrected chi connectivity index (χ3v) is 4.48. The standard InChI is InChI=1S/C16H26N4O/c1-11(2)20(10-12-4-3-7-17-9-12)14-8-15(21)19-16(18-14)13-5-6-13/h8,11-13,17H,3-7,9-10H2,1-2H3,(H,18,19,21). The number of H-pyrrole nitrogens is 1. The van der Waals surface area contributed by atoms with Gasteiger partial charge >= 0.3 is 0 Å². The zero-order valence-corrected chi connectivity index (χ0v) is 13.1. The van der Waals surface area contributed by atoms with Crippen LogP contribution in [0.15, 0.2) is 10.9 Å². The number of piperidine rings is 1. The Balaban J connectivity index is 1.80. The average Bonchev–Trinajstić information content (AvgIpc) is 3.29. The lowest BCUT2D eigenvalue weighted by Crippen LogP contribution is -2.42. The zero-order chi connectivity index (χ0) is 14.8. The highest BCUT2D eigenvalue weighted by atomic mass is 16.1. The Morgan fingerprint density at radius 3 is 2.81 bits per heavy atom. The van der Waals surface area contributed by atoms with Gasteiger partial charge < -0.3 is 15.2 Å². The van der Waals surface area contributed by atoms with Crippen LogP contribution in [-0.4, -0.2) is 35.6 Å². The molecule has 0 amide bonds. The minimum atomic E-state index is -0.0191. The van der Waals surface area contributed by atoms with Crippen molar-refractivity contribution in [2.24, 2.45) is 5.92 Å². The van der Waals surface area contributed by atoms with Gasteiger partial charge in [0.1, 0.15) is 11.6 Å². The molecule has 1 aliphatic heterocycles. The Kier molecular flexibility index (Phi) is 4.29. The van der Waals surface area contributed by atoms with Gasteiger partial charge in [-0.2, -0.15) is 0 Å². The molecule has 1 saturated heterocycles. The van der Waals surface area contributed by atoms with Crippen molar-refractivity contribution in [1.82, 2.24) is 15.3 Å². The van der Waals surface area contributed by atoms with Crippen LogP contribution in [0.4, 0.5) is 5.82 Å². The molecule has 5 heteroatoms. The Labute approximate surface area is 126 Å². The minimum absolute atomic E-state index is 0.0191. The molecule has 2 fully saturated rings. The molecule has 0 radical (unpaired) electrons. The molecule has 0 bridgehead atoms. The molecule has 5 nitrogen and oxygen atoms in total. The fraction of sp³-hybridized carbons (Fsp3) is 0.750. The van der Waals surface area contributed by atoms with Crippen LogP contribution in [-0.2, 0) is 0 Å². The van der Waals surface area contributed by atoms with Crippen molar-refractivity contribution in [3.05, 3.63) is 22.2 Å². The predicted octanol–water partition coefficient (Wildman–Crippen LogP) is 1.86. The van der Waals surface area contributed by atoms with Crippen molar-refractivity contribution in [2.75, 3.05) is 24.5 Å². The van der Waals surface area contributed by atoms with Gasteiger partial charge in [-0.15, -0.1) is 0 Å². The summed E-state index contributed by atoms with van der Waals surface area (Å²) in [6, 6.07) is 2.01. The molecule has 1 aliphatic carbocycles. The molecule has 2 N–H and O–H groups in total. The highest BCUT2D eigenvalue weighted by Gasteiger charge is 2.28. The second kappa shape index (κ2) is 6.18. The monoisotopic (exact) mass is 290 g/mol. The second-order valence-electron chi connectivity index (χ2n) is 6.72. The van der Waals surface area contributed by atoms with Crippen LogP contribution in [0.25, 0.3) is 0 Å². The Bertz CT molecular complexity index is 529. The van der Waals surface area contributed by atoms with Crippen LogP contribution in [0, 0.1) is 5.92 Å². The molecule has 21 heavy (non-hydrogen) atoms. The van der Waals surface area contributed by atoms with Crippen molar-refractivity contribution >= 4 is 5.82 Å². The maximum atomic E-state index is 11.9. The Morgan fingerprint density at radius 2 is 2.19 bits per heavy atom. The summed E-state index contributed by atoms with van der Waals surface area (Å²) < 4.78 is 0. The van der Waals surface area contributed by atoms with Gasteiger partial charge in [-0.1, -0.05) is 0 Å². The van der Waals surface area contributed by atoms with E-state index in [1.807, 2.05) is 0 Å². The number of rotatable bonds is 5. The number of nitrogens with one attached hydrogen (secondary N) is 2. The lowest BCUT2D eigenvalue weighted by atomic mass is 9.98. The lowest BCUT2D eigenvalue weighted by Gasteiger charge is -2.33. The van der Waals surface area contributed by atoms with E-state index in [0.717, 1.165) is 44.1 Å². The summed E-state index contributed by atoms with van der Waals surface area (Å²) in [5.74, 6) is 2.85. The van der Waals surface area contributed by atoms with Gasteiger partial charge in [-0.25, -0.2) is 4.98 Å². The van der Waals surface area contributed by atoms with Crippen molar-refractivity contribution in [3.8, 4) is 0 Å². The van der Waals surface area contributed by atoms with Crippen LogP contribution in [0.3, 0.4) is 0 Å². The van der Waals surface area contributed by atoms with Gasteiger partial charge in [0.2, 0.25) is 0 Å². The molecule has 2 aliphatic rings. The largest absolute Gasteiger partial charge is 0.354 e. The predicted molar refractivity (Wildman–Crippen MR) is 84.9 cm³/mol. The van der Waals surface area contributed by atoms with Crippen LogP contribution < -0.4 is 15.8 Å². The molecule has 1 unspecified atom stereocenters. The summed E-state index contributed by atoms with van der Waals surface area (Å²) in [6.07, 6.45) is 4.81. The molecule has 116 valence electrons. The summed E-state index contributed by atoms with van der Waals surface area (Å²) in [4.78, 5) is 21.9. The van der Waals surface area contributed by atoms with Crippen molar-refractivity contribution in [1.29, 1.82) is 0 Å². The minimum Gasteiger partial charge on any atom is -0.354 e. The fourth-order valence-corrected chi connectivity index (χ4v) is 3.09. The highest BCUT2D eigenvalue weighted by Crippen LogP contribution is 2.38. The second-order valence-corrected chi connectivity index (χ2v) is 6.72. The summed E-state index contributed by atoms with van der Waals surface area (Å²) in [7, 11) is 0. The van der Waals surface area contributed by atoms with E-state index >= 15 is 0 Å². The van der Waals surface area contributed by atoms with Crippen molar-refractivity contribution in [3.63, 3.8) is 0 Å². The number of nitrogens with zero attached hydrogens (tertiary/aromatic N) is 2. The highest BCUT2D eigenvalue weighted by molar-refractivity contribution is 5.39. The van der Waals surface area contributed by atoms with Crippen molar-refractivity contribution < 1.29 is 0 Å². The van der Waals surface area contributed by atoms with Crippen molar-refractivity contribution in [2.45, 2.75) is 51.5 Å². The number of hydrogen-bond acceptors (Lipinski definition) is 4. The third kappa shape index (κ3) is 3.64. The average molecular weight is 290 g/mol. The first-order valence-electron chi connectivity index (χ1n) is 8.22. The van der Waals surface area contributed by atoms with Crippen LogP contribution in [0.5, 0.6) is 0 Å². The Hall–Kier alpha value is -1.36. The lowest BCUT2D eigenvalue weighted by molar-refractivity contribution is 0.370. The maximum absolute atomic E-state index is 11.9. The normalized spacial score (nSPS) is 22.5. The zero-order valence-electron chi connectivity index (χ0n) is 13.1. The number of aromatic nitrogens is 2. The molecule has 0 spiro atoms. The molecule has 1 saturated carbocycles. The van der Waals surface area contributed by atoms with Gasteiger partial charge in [0.25, 0.3) is 5.56 Å². The SMILES string of the molecule is CC(C)N(CC1CCCNC1)c1cc(=O)[nH]c(C2CC2)n1. The van der Waals surface area contributed by atoms with E-state index in [0.29, 0.717) is 17.9 Å². The molecular formula is C16H26N4O.